The first-order chi connectivity index (χ1) is 9.13. The topological polar surface area (TPSA) is 46.5 Å². The zero-order valence-electron chi connectivity index (χ0n) is 11.1. The normalized spacial score (nSPS) is 23.1. The highest BCUT2D eigenvalue weighted by Gasteiger charge is 2.31. The van der Waals surface area contributed by atoms with E-state index in [1.54, 1.807) is 18.2 Å². The second-order valence-electron chi connectivity index (χ2n) is 5.13. The molecule has 0 amide bonds. The van der Waals surface area contributed by atoms with Crippen LogP contribution in [0, 0.1) is 17.7 Å². The summed E-state index contributed by atoms with van der Waals surface area (Å²) < 4.78 is 19.0. The summed E-state index contributed by atoms with van der Waals surface area (Å²) in [6.07, 6.45) is 4.01. The van der Waals surface area contributed by atoms with E-state index < -0.39 is 5.97 Å². The first-order valence-corrected chi connectivity index (χ1v) is 6.67. The van der Waals surface area contributed by atoms with Crippen molar-refractivity contribution < 1.29 is 19.0 Å². The van der Waals surface area contributed by atoms with E-state index in [4.69, 9.17) is 4.74 Å². The molecule has 1 aliphatic carbocycles. The van der Waals surface area contributed by atoms with Gasteiger partial charge in [0.05, 0.1) is 13.0 Å². The van der Waals surface area contributed by atoms with Crippen LogP contribution in [-0.4, -0.2) is 18.2 Å². The number of halogens is 1. The Morgan fingerprint density at radius 1 is 1.42 bits per heavy atom. The number of ether oxygens (including phenoxy) is 1. The molecular weight excluding hydrogens is 247 g/mol. The minimum atomic E-state index is -0.756. The van der Waals surface area contributed by atoms with Gasteiger partial charge in [0.15, 0.2) is 11.6 Å². The Morgan fingerprint density at radius 3 is 2.84 bits per heavy atom. The number of hydrogen-bond donors (Lipinski definition) is 1. The van der Waals surface area contributed by atoms with Gasteiger partial charge in [-0.3, -0.25) is 4.79 Å². The van der Waals surface area contributed by atoms with E-state index in [-0.39, 0.29) is 23.4 Å². The van der Waals surface area contributed by atoms with Crippen molar-refractivity contribution in [2.45, 2.75) is 32.1 Å². The van der Waals surface area contributed by atoms with Gasteiger partial charge in [0, 0.05) is 0 Å². The van der Waals surface area contributed by atoms with Crippen LogP contribution < -0.4 is 4.74 Å². The summed E-state index contributed by atoms with van der Waals surface area (Å²) in [6, 6.07) is 5.04. The largest absolute Gasteiger partial charge is 0.494 e. The SMILES string of the molecule is COc1cccc(CC2CCCCC2C(=O)O)c1F. The van der Waals surface area contributed by atoms with E-state index in [1.165, 1.54) is 7.11 Å². The van der Waals surface area contributed by atoms with Crippen LogP contribution in [0.5, 0.6) is 5.75 Å². The predicted octanol–water partition coefficient (Wildman–Crippen LogP) is 3.27. The van der Waals surface area contributed by atoms with Crippen molar-refractivity contribution in [1.82, 2.24) is 0 Å². The third kappa shape index (κ3) is 3.06. The zero-order chi connectivity index (χ0) is 13.8. The molecular formula is C15H19FO3. The van der Waals surface area contributed by atoms with Gasteiger partial charge in [0.2, 0.25) is 0 Å². The van der Waals surface area contributed by atoms with Crippen LogP contribution in [0.2, 0.25) is 0 Å². The lowest BCUT2D eigenvalue weighted by Gasteiger charge is -2.28. The molecule has 19 heavy (non-hydrogen) atoms. The van der Waals surface area contributed by atoms with Crippen LogP contribution >= 0.6 is 0 Å². The lowest BCUT2D eigenvalue weighted by molar-refractivity contribution is -0.144. The Balaban J connectivity index is 2.17. The fraction of sp³-hybridized carbons (Fsp3) is 0.533. The minimum Gasteiger partial charge on any atom is -0.494 e. The highest BCUT2D eigenvalue weighted by Crippen LogP contribution is 2.34. The van der Waals surface area contributed by atoms with E-state index >= 15 is 0 Å². The Hall–Kier alpha value is -1.58. The van der Waals surface area contributed by atoms with Gasteiger partial charge in [-0.2, -0.15) is 0 Å². The highest BCUT2D eigenvalue weighted by molar-refractivity contribution is 5.70. The first-order valence-electron chi connectivity index (χ1n) is 6.67. The second kappa shape index (κ2) is 6.04. The van der Waals surface area contributed by atoms with E-state index in [0.29, 0.717) is 18.4 Å². The monoisotopic (exact) mass is 266 g/mol. The predicted molar refractivity (Wildman–Crippen MR) is 69.7 cm³/mol. The van der Waals surface area contributed by atoms with Crippen molar-refractivity contribution in [3.63, 3.8) is 0 Å². The number of methoxy groups -OCH3 is 1. The Morgan fingerprint density at radius 2 is 2.16 bits per heavy atom. The summed E-state index contributed by atoms with van der Waals surface area (Å²) in [5.41, 5.74) is 0.553. The fourth-order valence-corrected chi connectivity index (χ4v) is 2.93. The van der Waals surface area contributed by atoms with E-state index in [9.17, 15) is 14.3 Å². The molecule has 1 fully saturated rings. The third-order valence-corrected chi connectivity index (χ3v) is 3.97. The molecule has 2 rings (SSSR count). The molecule has 1 aliphatic rings. The zero-order valence-corrected chi connectivity index (χ0v) is 11.1. The molecule has 1 aromatic carbocycles. The maximum atomic E-state index is 14.1. The smallest absolute Gasteiger partial charge is 0.306 e. The molecule has 0 bridgehead atoms. The third-order valence-electron chi connectivity index (χ3n) is 3.97. The van der Waals surface area contributed by atoms with Crippen molar-refractivity contribution in [3.05, 3.63) is 29.6 Å². The fourth-order valence-electron chi connectivity index (χ4n) is 2.93. The van der Waals surface area contributed by atoms with Crippen LogP contribution in [0.1, 0.15) is 31.2 Å². The number of carboxylic acids is 1. The van der Waals surface area contributed by atoms with Gasteiger partial charge in [-0.25, -0.2) is 4.39 Å². The summed E-state index contributed by atoms with van der Waals surface area (Å²) in [5.74, 6) is -1.22. The molecule has 0 spiro atoms. The van der Waals surface area contributed by atoms with Gasteiger partial charge in [-0.1, -0.05) is 25.0 Å². The maximum Gasteiger partial charge on any atom is 0.306 e. The Kier molecular flexibility index (Phi) is 4.40. The van der Waals surface area contributed by atoms with Gasteiger partial charge in [0.25, 0.3) is 0 Å². The number of hydrogen-bond acceptors (Lipinski definition) is 2. The maximum absolute atomic E-state index is 14.1. The van der Waals surface area contributed by atoms with Crippen molar-refractivity contribution in [2.24, 2.45) is 11.8 Å². The number of carbonyl (C=O) groups is 1. The number of rotatable bonds is 4. The molecule has 2 unspecified atom stereocenters. The summed E-state index contributed by atoms with van der Waals surface area (Å²) in [5, 5.41) is 9.24. The molecule has 3 nitrogen and oxygen atoms in total. The van der Waals surface area contributed by atoms with Crippen LogP contribution in [0.15, 0.2) is 18.2 Å². The van der Waals surface area contributed by atoms with Crippen LogP contribution in [0.25, 0.3) is 0 Å². The molecule has 0 aliphatic heterocycles. The lowest BCUT2D eigenvalue weighted by Crippen LogP contribution is -2.28. The minimum absolute atomic E-state index is 0.0212. The summed E-state index contributed by atoms with van der Waals surface area (Å²) in [4.78, 5) is 11.2. The summed E-state index contributed by atoms with van der Waals surface area (Å²) >= 11 is 0. The van der Waals surface area contributed by atoms with Crippen LogP contribution in [-0.2, 0) is 11.2 Å². The van der Waals surface area contributed by atoms with Crippen molar-refractivity contribution in [1.29, 1.82) is 0 Å². The Bertz CT molecular complexity index is 459. The molecule has 2 atom stereocenters. The molecule has 0 aromatic heterocycles. The quantitative estimate of drug-likeness (QED) is 0.909. The molecule has 1 aromatic rings. The van der Waals surface area contributed by atoms with Gasteiger partial charge in [-0.05, 0) is 36.8 Å². The number of aliphatic carboxylic acids is 1. The molecule has 1 N–H and O–H groups in total. The average molecular weight is 266 g/mol. The van der Waals surface area contributed by atoms with Gasteiger partial charge >= 0.3 is 5.97 Å². The first kappa shape index (κ1) is 13.8. The van der Waals surface area contributed by atoms with Crippen molar-refractivity contribution in [2.75, 3.05) is 7.11 Å². The standard InChI is InChI=1S/C15H19FO3/c1-19-13-8-4-6-11(14(13)16)9-10-5-2-3-7-12(10)15(17)18/h4,6,8,10,12H,2-3,5,7,9H2,1H3,(H,17,18). The number of benzene rings is 1. The van der Waals surface area contributed by atoms with Crippen LogP contribution in [0.3, 0.4) is 0 Å². The average Bonchev–Trinajstić information content (AvgIpc) is 2.41. The molecule has 0 heterocycles. The summed E-state index contributed by atoms with van der Waals surface area (Å²) in [7, 11) is 1.43. The number of carboxylic acid groups (broad SMARTS) is 1. The van der Waals surface area contributed by atoms with Gasteiger partial charge in [-0.15, -0.1) is 0 Å². The Labute approximate surface area is 112 Å². The molecule has 4 heteroatoms. The molecule has 1 saturated carbocycles. The van der Waals surface area contributed by atoms with Crippen LogP contribution in [0.4, 0.5) is 4.39 Å². The van der Waals surface area contributed by atoms with Crippen molar-refractivity contribution in [3.8, 4) is 5.75 Å². The van der Waals surface area contributed by atoms with Crippen molar-refractivity contribution >= 4 is 5.97 Å². The van der Waals surface area contributed by atoms with E-state index in [2.05, 4.69) is 0 Å². The molecule has 0 saturated heterocycles. The lowest BCUT2D eigenvalue weighted by atomic mass is 9.76. The highest BCUT2D eigenvalue weighted by atomic mass is 19.1. The van der Waals surface area contributed by atoms with E-state index in [1.807, 2.05) is 0 Å². The van der Waals surface area contributed by atoms with Gasteiger partial charge in [0.1, 0.15) is 0 Å². The summed E-state index contributed by atoms with van der Waals surface area (Å²) in [6.45, 7) is 0. The molecule has 104 valence electrons. The van der Waals surface area contributed by atoms with Gasteiger partial charge < -0.3 is 9.84 Å². The second-order valence-corrected chi connectivity index (χ2v) is 5.13. The molecule has 0 radical (unpaired) electrons. The van der Waals surface area contributed by atoms with E-state index in [0.717, 1.165) is 19.3 Å².